The van der Waals surface area contributed by atoms with E-state index in [1.807, 2.05) is 6.92 Å². The van der Waals surface area contributed by atoms with Crippen molar-refractivity contribution >= 4 is 64.3 Å². The summed E-state index contributed by atoms with van der Waals surface area (Å²) in [6.07, 6.45) is 25.6. The van der Waals surface area contributed by atoms with Crippen LogP contribution in [0.15, 0.2) is 24.3 Å². The van der Waals surface area contributed by atoms with Gasteiger partial charge in [-0.15, -0.1) is 0 Å². The number of anilines is 1. The van der Waals surface area contributed by atoms with Crippen LogP contribution >= 0.6 is 0 Å². The minimum atomic E-state index is -1.15. The van der Waals surface area contributed by atoms with Crippen LogP contribution in [0.1, 0.15) is 243 Å². The van der Waals surface area contributed by atoms with Crippen LogP contribution in [0.5, 0.6) is 0 Å². The Morgan fingerprint density at radius 2 is 1.18 bits per heavy atom. The molecule has 494 valence electrons. The van der Waals surface area contributed by atoms with Crippen LogP contribution in [0.2, 0.25) is 0 Å². The van der Waals surface area contributed by atoms with E-state index in [4.69, 9.17) is 18.9 Å². The first kappa shape index (κ1) is 77.7. The molecule has 0 aliphatic carbocycles. The van der Waals surface area contributed by atoms with E-state index in [1.165, 1.54) is 77.6 Å². The Morgan fingerprint density at radius 1 is 0.586 bits per heavy atom. The highest BCUT2D eigenvalue weighted by Crippen LogP contribution is 2.26. The van der Waals surface area contributed by atoms with E-state index in [2.05, 4.69) is 33.5 Å². The van der Waals surface area contributed by atoms with Crippen molar-refractivity contribution in [1.29, 1.82) is 0 Å². The summed E-state index contributed by atoms with van der Waals surface area (Å²) in [5, 5.41) is 23.4. The minimum Gasteiger partial charge on any atom is -0.480 e. The number of hydrogen-bond acceptors (Lipinski definition) is 14. The maximum Gasteiger partial charge on any atom is 0.326 e. The molecule has 0 radical (unpaired) electrons. The number of ketones is 4. The number of ether oxygens (including phenoxy) is 4. The first-order chi connectivity index (χ1) is 42.1. The molecule has 4 atom stereocenters. The maximum atomic E-state index is 13.6. The second-order valence-electron chi connectivity index (χ2n) is 23.4. The van der Waals surface area contributed by atoms with Gasteiger partial charge in [0.05, 0.1) is 33.0 Å². The summed E-state index contributed by atoms with van der Waals surface area (Å²) in [6, 6.07) is 5.52. The summed E-state index contributed by atoms with van der Waals surface area (Å²) in [5.74, 6) is -3.58. The lowest BCUT2D eigenvalue weighted by molar-refractivity contribution is -0.142. The molecule has 20 heteroatoms. The molecule has 6 N–H and O–H groups in total. The average molecular weight is 1230 g/mol. The van der Waals surface area contributed by atoms with Gasteiger partial charge < -0.3 is 50.6 Å². The molecule has 3 rings (SSSR count). The predicted octanol–water partition coefficient (Wildman–Crippen LogP) is 10.3. The highest BCUT2D eigenvalue weighted by atomic mass is 16.5. The van der Waals surface area contributed by atoms with Gasteiger partial charge >= 0.3 is 5.97 Å². The summed E-state index contributed by atoms with van der Waals surface area (Å²) >= 11 is 0. The molecule has 1 aromatic carbocycles. The van der Waals surface area contributed by atoms with Gasteiger partial charge in [0.2, 0.25) is 23.6 Å². The van der Waals surface area contributed by atoms with Gasteiger partial charge in [0, 0.05) is 93.8 Å². The quantitative estimate of drug-likeness (QED) is 0.0331. The van der Waals surface area contributed by atoms with Crippen LogP contribution in [0.25, 0.3) is 0 Å². The van der Waals surface area contributed by atoms with Crippen molar-refractivity contribution in [3.05, 3.63) is 29.8 Å². The number of amides is 5. The van der Waals surface area contributed by atoms with Crippen LogP contribution in [0, 0.1) is 17.8 Å². The van der Waals surface area contributed by atoms with Gasteiger partial charge in [0.25, 0.3) is 5.91 Å². The molecule has 2 aliphatic rings. The first-order valence-electron chi connectivity index (χ1n) is 33.3. The zero-order valence-corrected chi connectivity index (χ0v) is 53.4. The number of aliphatic carboxylic acids is 1. The third-order valence-electron chi connectivity index (χ3n) is 16.0. The third kappa shape index (κ3) is 41.4. The van der Waals surface area contributed by atoms with E-state index in [-0.39, 0.29) is 169 Å². The lowest BCUT2D eigenvalue weighted by Gasteiger charge is -2.19. The summed E-state index contributed by atoms with van der Waals surface area (Å²) < 4.78 is 21.8. The van der Waals surface area contributed by atoms with Crippen LogP contribution in [0.3, 0.4) is 0 Å². The highest BCUT2D eigenvalue weighted by Gasteiger charge is 2.26. The molecule has 0 saturated carbocycles. The van der Waals surface area contributed by atoms with Crippen LogP contribution in [-0.4, -0.2) is 142 Å². The predicted molar refractivity (Wildman–Crippen MR) is 336 cm³/mol. The maximum absolute atomic E-state index is 13.6. The van der Waals surface area contributed by atoms with Gasteiger partial charge in [-0.2, -0.15) is 0 Å². The topological polar surface area (TPSA) is 288 Å². The van der Waals surface area contributed by atoms with Gasteiger partial charge in [-0.05, 0) is 102 Å². The zero-order valence-electron chi connectivity index (χ0n) is 53.4. The second-order valence-corrected chi connectivity index (χ2v) is 23.4. The second kappa shape index (κ2) is 51.4. The Balaban J connectivity index is 1.47. The zero-order chi connectivity index (χ0) is 63.5. The average Bonchev–Trinajstić information content (AvgIpc) is 3.70. The minimum absolute atomic E-state index is 0.0168. The number of benzene rings is 1. The van der Waals surface area contributed by atoms with E-state index in [0.717, 1.165) is 32.1 Å². The van der Waals surface area contributed by atoms with Gasteiger partial charge in [-0.1, -0.05) is 117 Å². The largest absolute Gasteiger partial charge is 0.480 e. The molecule has 2 bridgehead atoms. The molecule has 0 saturated heterocycles. The van der Waals surface area contributed by atoms with Crippen molar-refractivity contribution < 1.29 is 72.0 Å². The molecule has 0 spiro atoms. The molecule has 20 nitrogen and oxygen atoms in total. The summed E-state index contributed by atoms with van der Waals surface area (Å²) in [5.41, 5.74) is 1.01. The van der Waals surface area contributed by atoms with E-state index < -0.39 is 17.9 Å². The highest BCUT2D eigenvalue weighted by molar-refractivity contribution is 5.96. The standard InChI is InChI=1S/C67H111N5O15/c1-4-6-7-8-9-10-11-12-13-14-15-16-17-18-19-28-62(77)72-59(67(82)83)37-36-58(74)27-24-44-84-46-48-86-51-65(80)69-43-45-85-47-49-87-50-64(79)68-41-22-20-25-53(5-2)60(75)39-32-55-33-40-63(78)71-57-34-29-56(30-35-57)66(81)70-42-23-21-26-54(52(3)73)31-38-61(55)76/h29-30,34-35,53-55,59H,4-28,31-33,36-51H2,1-3H3,(H,68,79)(H,69,80)(H,70,81)(H,71,78)(H,72,77)(H,82,83)/t53-,54+,55-,59?/m0/s1. The SMILES string of the molecule is CCCCCCCCCCCCCCCCCC(=O)NC(CCC(=O)CCCOCCOCC(=O)NCCOCCOCC(=O)NCCCC[C@H](CC)C(=O)CC[C@H]1CCC(=O)Nc2ccc(cc2)C(=O)NCCCC[C@@H](C(C)=O)CCC1=O)C(=O)O. The summed E-state index contributed by atoms with van der Waals surface area (Å²) in [7, 11) is 0. The van der Waals surface area contributed by atoms with E-state index >= 15 is 0 Å². The molecule has 2 heterocycles. The molecule has 1 unspecified atom stereocenters. The Morgan fingerprint density at radius 3 is 1.79 bits per heavy atom. The number of fused-ring (bicyclic) bond motifs is 16. The lowest BCUT2D eigenvalue weighted by Crippen LogP contribution is -2.41. The van der Waals surface area contributed by atoms with Crippen LogP contribution in [-0.2, 0) is 62.1 Å². The number of nitrogens with one attached hydrogen (secondary N) is 5. The number of carbonyl (C=O) groups is 10. The Hall–Kier alpha value is -5.44. The fraction of sp³-hybridized carbons (Fsp3) is 0.761. The lowest BCUT2D eigenvalue weighted by atomic mass is 9.84. The molecule has 5 amide bonds. The van der Waals surface area contributed by atoms with Crippen molar-refractivity contribution in [3.63, 3.8) is 0 Å². The summed E-state index contributed by atoms with van der Waals surface area (Å²) in [6.45, 7) is 7.90. The molecular weight excluding hydrogens is 1110 g/mol. The van der Waals surface area contributed by atoms with Gasteiger partial charge in [0.15, 0.2) is 0 Å². The van der Waals surface area contributed by atoms with Crippen LogP contribution in [0.4, 0.5) is 5.69 Å². The van der Waals surface area contributed by atoms with Gasteiger partial charge in [-0.3, -0.25) is 43.2 Å². The third-order valence-corrected chi connectivity index (χ3v) is 16.0. The monoisotopic (exact) mass is 1230 g/mol. The number of hydrogen-bond donors (Lipinski definition) is 6. The molecule has 1 aromatic rings. The molecule has 87 heavy (non-hydrogen) atoms. The van der Waals surface area contributed by atoms with Gasteiger partial charge in [0.1, 0.15) is 42.4 Å². The normalized spacial score (nSPS) is 15.9. The molecule has 0 fully saturated rings. The van der Waals surface area contributed by atoms with Crippen molar-refractivity contribution in [2.24, 2.45) is 17.8 Å². The molecule has 0 aromatic heterocycles. The van der Waals surface area contributed by atoms with Crippen molar-refractivity contribution in [1.82, 2.24) is 21.3 Å². The van der Waals surface area contributed by atoms with Crippen molar-refractivity contribution in [3.8, 4) is 0 Å². The number of carboxylic acid groups (broad SMARTS) is 1. The number of unbranched alkanes of at least 4 members (excludes halogenated alkanes) is 15. The van der Waals surface area contributed by atoms with Crippen molar-refractivity contribution in [2.45, 2.75) is 239 Å². The Bertz CT molecular complexity index is 2120. The van der Waals surface area contributed by atoms with E-state index in [1.54, 1.807) is 24.3 Å². The Labute approximate surface area is 519 Å². The van der Waals surface area contributed by atoms with Crippen molar-refractivity contribution in [2.75, 3.05) is 77.8 Å². The van der Waals surface area contributed by atoms with Crippen LogP contribution < -0.4 is 26.6 Å². The molecular formula is C67H111N5O15. The van der Waals surface area contributed by atoms with Gasteiger partial charge in [-0.25, -0.2) is 4.79 Å². The molecule has 2 aliphatic heterocycles. The smallest absolute Gasteiger partial charge is 0.326 e. The van der Waals surface area contributed by atoms with E-state index in [0.29, 0.717) is 88.7 Å². The number of Topliss-reactive ketones (excluding diaryl/α,β-unsaturated/α-hetero) is 4. The fourth-order valence-electron chi connectivity index (χ4n) is 10.6. The Kier molecular flexibility index (Phi) is 45.9. The number of rotatable bonds is 49. The van der Waals surface area contributed by atoms with E-state index in [9.17, 15) is 53.1 Å². The number of carboxylic acids is 1. The fourth-order valence-corrected chi connectivity index (χ4v) is 10.6. The summed E-state index contributed by atoms with van der Waals surface area (Å²) in [4.78, 5) is 126. The number of carbonyl (C=O) groups excluding carboxylic acids is 9. The first-order valence-corrected chi connectivity index (χ1v) is 33.3.